The molecule has 122 valence electrons. The number of phenolic OH excluding ortho intramolecular Hbond substituents is 1. The Bertz CT molecular complexity index is 911. The molecule has 0 saturated carbocycles. The van der Waals surface area contributed by atoms with Crippen LogP contribution in [0, 0.1) is 6.92 Å². The van der Waals surface area contributed by atoms with Gasteiger partial charge in [0.1, 0.15) is 5.75 Å². The predicted molar refractivity (Wildman–Crippen MR) is 94.4 cm³/mol. The predicted octanol–water partition coefficient (Wildman–Crippen LogP) is 3.31. The quantitative estimate of drug-likeness (QED) is 0.503. The van der Waals surface area contributed by atoms with Gasteiger partial charge in [0.25, 0.3) is 5.91 Å². The van der Waals surface area contributed by atoms with E-state index in [0.717, 1.165) is 10.6 Å². The van der Waals surface area contributed by atoms with Crippen molar-refractivity contribution in [2.24, 2.45) is 5.10 Å². The van der Waals surface area contributed by atoms with E-state index in [1.54, 1.807) is 48.6 Å². The molecular formula is C17H16N4O2S. The van der Waals surface area contributed by atoms with Crippen LogP contribution in [0.5, 0.6) is 5.75 Å². The van der Waals surface area contributed by atoms with Crippen molar-refractivity contribution in [2.45, 2.75) is 13.8 Å². The maximum absolute atomic E-state index is 12.2. The molecule has 0 bridgehead atoms. The summed E-state index contributed by atoms with van der Waals surface area (Å²) in [7, 11) is 0. The van der Waals surface area contributed by atoms with Crippen LogP contribution < -0.4 is 5.43 Å². The second kappa shape index (κ2) is 6.67. The van der Waals surface area contributed by atoms with Crippen LogP contribution in [-0.4, -0.2) is 26.9 Å². The summed E-state index contributed by atoms with van der Waals surface area (Å²) in [4.78, 5) is 14.4. The molecule has 0 aliphatic heterocycles. The first kappa shape index (κ1) is 15.9. The molecule has 2 aromatic heterocycles. The highest BCUT2D eigenvalue weighted by molar-refractivity contribution is 7.15. The van der Waals surface area contributed by atoms with Gasteiger partial charge in [-0.25, -0.2) is 5.43 Å². The molecule has 3 rings (SSSR count). The summed E-state index contributed by atoms with van der Waals surface area (Å²) in [6.45, 7) is 3.73. The van der Waals surface area contributed by atoms with E-state index in [0.29, 0.717) is 11.3 Å². The first-order chi connectivity index (χ1) is 11.5. The number of nitrogens with one attached hydrogen (secondary N) is 2. The molecule has 0 unspecified atom stereocenters. The van der Waals surface area contributed by atoms with Crippen molar-refractivity contribution in [1.29, 1.82) is 0 Å². The van der Waals surface area contributed by atoms with Crippen molar-refractivity contribution in [3.63, 3.8) is 0 Å². The average molecular weight is 340 g/mol. The van der Waals surface area contributed by atoms with Crippen LogP contribution in [0.2, 0.25) is 0 Å². The van der Waals surface area contributed by atoms with E-state index in [2.05, 4.69) is 20.7 Å². The molecule has 0 radical (unpaired) electrons. The van der Waals surface area contributed by atoms with Gasteiger partial charge >= 0.3 is 0 Å². The Morgan fingerprint density at radius 2 is 2.08 bits per heavy atom. The number of aromatic amines is 1. The van der Waals surface area contributed by atoms with Crippen molar-refractivity contribution >= 4 is 23.0 Å². The lowest BCUT2D eigenvalue weighted by atomic mass is 10.1. The highest BCUT2D eigenvalue weighted by Gasteiger charge is 2.12. The van der Waals surface area contributed by atoms with E-state index in [-0.39, 0.29) is 11.4 Å². The molecule has 3 N–H and O–H groups in total. The van der Waals surface area contributed by atoms with Gasteiger partial charge in [0.05, 0.1) is 16.3 Å². The van der Waals surface area contributed by atoms with E-state index >= 15 is 0 Å². The van der Waals surface area contributed by atoms with Crippen molar-refractivity contribution in [2.75, 3.05) is 0 Å². The number of aromatic hydroxyl groups is 1. The molecule has 0 fully saturated rings. The highest BCUT2D eigenvalue weighted by atomic mass is 32.1. The normalized spacial score (nSPS) is 11.5. The third-order valence-corrected chi connectivity index (χ3v) is 4.47. The molecule has 0 saturated heterocycles. The van der Waals surface area contributed by atoms with E-state index in [4.69, 9.17) is 0 Å². The molecule has 0 aliphatic rings. The number of hydrogen-bond donors (Lipinski definition) is 3. The largest absolute Gasteiger partial charge is 0.507 e. The molecule has 7 heteroatoms. The molecule has 0 aliphatic carbocycles. The molecule has 1 aromatic carbocycles. The van der Waals surface area contributed by atoms with Gasteiger partial charge in [0.2, 0.25) is 0 Å². The molecule has 2 heterocycles. The van der Waals surface area contributed by atoms with E-state index < -0.39 is 5.91 Å². The number of aromatic nitrogens is 2. The highest BCUT2D eigenvalue weighted by Crippen LogP contribution is 2.26. The number of nitrogens with zero attached hydrogens (tertiary/aromatic N) is 2. The van der Waals surface area contributed by atoms with Crippen molar-refractivity contribution < 1.29 is 9.90 Å². The lowest BCUT2D eigenvalue weighted by Gasteiger charge is -2.03. The average Bonchev–Trinajstić information content (AvgIpc) is 3.21. The van der Waals surface area contributed by atoms with Gasteiger partial charge in [-0.15, -0.1) is 11.3 Å². The topological polar surface area (TPSA) is 90.4 Å². The first-order valence-corrected chi connectivity index (χ1v) is 8.11. The van der Waals surface area contributed by atoms with E-state index in [1.165, 1.54) is 4.88 Å². The number of benzene rings is 1. The molecule has 0 spiro atoms. The van der Waals surface area contributed by atoms with Gasteiger partial charge in [0.15, 0.2) is 5.69 Å². The second-order valence-corrected chi connectivity index (χ2v) is 6.52. The lowest BCUT2D eigenvalue weighted by Crippen LogP contribution is -2.19. The number of carbonyl (C=O) groups excluding carboxylic acids is 1. The van der Waals surface area contributed by atoms with Gasteiger partial charge in [-0.05, 0) is 44.2 Å². The summed E-state index contributed by atoms with van der Waals surface area (Å²) in [5.41, 5.74) is 4.57. The summed E-state index contributed by atoms with van der Waals surface area (Å²) in [5, 5.41) is 20.7. The molecule has 24 heavy (non-hydrogen) atoms. The van der Waals surface area contributed by atoms with Gasteiger partial charge in [0, 0.05) is 10.4 Å². The van der Waals surface area contributed by atoms with Crippen LogP contribution in [0.3, 0.4) is 0 Å². The molecular weight excluding hydrogens is 324 g/mol. The zero-order chi connectivity index (χ0) is 17.1. The standard InChI is InChI=1S/C17H16N4O2S/c1-10-7-8-16(24-10)13-9-14(20-19-13)17(23)21-18-11(2)12-5-3-4-6-15(12)22/h3-9,22H,1-2H3,(H,19,20)(H,21,23)/b18-11+. The maximum atomic E-state index is 12.2. The second-order valence-electron chi connectivity index (χ2n) is 5.23. The number of para-hydroxylation sites is 1. The van der Waals surface area contributed by atoms with Crippen LogP contribution in [0.1, 0.15) is 27.9 Å². The third-order valence-electron chi connectivity index (χ3n) is 3.44. The Hall–Kier alpha value is -2.93. The minimum atomic E-state index is -0.416. The Morgan fingerprint density at radius 1 is 1.29 bits per heavy atom. The van der Waals surface area contributed by atoms with Crippen LogP contribution >= 0.6 is 11.3 Å². The fourth-order valence-electron chi connectivity index (χ4n) is 2.18. The Balaban J connectivity index is 1.73. The Labute approximate surface area is 142 Å². The number of hydrogen-bond acceptors (Lipinski definition) is 5. The zero-order valence-corrected chi connectivity index (χ0v) is 14.0. The molecule has 1 amide bonds. The summed E-state index contributed by atoms with van der Waals surface area (Å²) >= 11 is 1.62. The number of aryl methyl sites for hydroxylation is 1. The zero-order valence-electron chi connectivity index (χ0n) is 13.2. The minimum absolute atomic E-state index is 0.114. The van der Waals surface area contributed by atoms with E-state index in [9.17, 15) is 9.90 Å². The third kappa shape index (κ3) is 3.36. The summed E-state index contributed by atoms with van der Waals surface area (Å²) in [6.07, 6.45) is 0. The van der Waals surface area contributed by atoms with Gasteiger partial charge < -0.3 is 5.11 Å². The number of hydrazone groups is 1. The monoisotopic (exact) mass is 340 g/mol. The maximum Gasteiger partial charge on any atom is 0.291 e. The Morgan fingerprint density at radius 3 is 2.79 bits per heavy atom. The number of rotatable bonds is 4. The van der Waals surface area contributed by atoms with Crippen LogP contribution in [0.4, 0.5) is 0 Å². The summed E-state index contributed by atoms with van der Waals surface area (Å²) in [6, 6.07) is 12.5. The molecule has 0 atom stereocenters. The minimum Gasteiger partial charge on any atom is -0.507 e. The molecule has 3 aromatic rings. The van der Waals surface area contributed by atoms with Gasteiger partial charge in [-0.2, -0.15) is 10.2 Å². The van der Waals surface area contributed by atoms with Crippen LogP contribution in [-0.2, 0) is 0 Å². The summed E-state index contributed by atoms with van der Waals surface area (Å²) in [5.74, 6) is -0.302. The fraction of sp³-hybridized carbons (Fsp3) is 0.118. The number of amides is 1. The molecule has 6 nitrogen and oxygen atoms in total. The van der Waals surface area contributed by atoms with E-state index in [1.807, 2.05) is 19.1 Å². The number of phenols is 1. The fourth-order valence-corrected chi connectivity index (χ4v) is 3.01. The smallest absolute Gasteiger partial charge is 0.291 e. The summed E-state index contributed by atoms with van der Waals surface area (Å²) < 4.78 is 0. The Kier molecular flexibility index (Phi) is 4.43. The number of thiophene rings is 1. The first-order valence-electron chi connectivity index (χ1n) is 7.30. The van der Waals surface area contributed by atoms with Crippen molar-refractivity contribution in [3.8, 4) is 16.3 Å². The van der Waals surface area contributed by atoms with Crippen molar-refractivity contribution in [3.05, 3.63) is 58.6 Å². The van der Waals surface area contributed by atoms with Crippen LogP contribution in [0.25, 0.3) is 10.6 Å². The lowest BCUT2D eigenvalue weighted by molar-refractivity contribution is 0.0950. The van der Waals surface area contributed by atoms with Crippen LogP contribution in [0.15, 0.2) is 47.6 Å². The van der Waals surface area contributed by atoms with Gasteiger partial charge in [-0.3, -0.25) is 9.89 Å². The van der Waals surface area contributed by atoms with Crippen molar-refractivity contribution in [1.82, 2.24) is 15.6 Å². The number of H-pyrrole nitrogens is 1. The SMILES string of the molecule is C/C(=N\NC(=O)c1cc(-c2ccc(C)s2)[nH]n1)c1ccccc1O. The van der Waals surface area contributed by atoms with Gasteiger partial charge in [-0.1, -0.05) is 12.1 Å². The number of carbonyl (C=O) groups is 1.